The van der Waals surface area contributed by atoms with Gasteiger partial charge in [-0.15, -0.1) is 0 Å². The predicted octanol–water partition coefficient (Wildman–Crippen LogP) is 7.41. The van der Waals surface area contributed by atoms with Crippen molar-refractivity contribution in [1.29, 1.82) is 0 Å². The Balaban J connectivity index is 0.000000191. The van der Waals surface area contributed by atoms with Crippen LogP contribution in [0.1, 0.15) is 85.9 Å². The molecule has 4 heteroatoms. The van der Waals surface area contributed by atoms with Gasteiger partial charge in [0, 0.05) is 23.0 Å². The van der Waals surface area contributed by atoms with E-state index in [1.54, 1.807) is 14.2 Å². The van der Waals surface area contributed by atoms with Crippen molar-refractivity contribution in [1.82, 2.24) is 0 Å². The van der Waals surface area contributed by atoms with Gasteiger partial charge in [0.1, 0.15) is 11.5 Å². The molecule has 2 aromatic carbocycles. The molecule has 2 aromatic rings. The van der Waals surface area contributed by atoms with Crippen LogP contribution < -0.4 is 9.47 Å². The van der Waals surface area contributed by atoms with Crippen molar-refractivity contribution < 1.29 is 19.1 Å². The molecule has 0 amide bonds. The van der Waals surface area contributed by atoms with Crippen LogP contribution in [0, 0.1) is 23.7 Å². The molecule has 0 bridgehead atoms. The van der Waals surface area contributed by atoms with Crippen LogP contribution >= 0.6 is 0 Å². The summed E-state index contributed by atoms with van der Waals surface area (Å²) in [4.78, 5) is 24.5. The van der Waals surface area contributed by atoms with Crippen LogP contribution in [0.25, 0.3) is 0 Å². The van der Waals surface area contributed by atoms with Gasteiger partial charge in [0.25, 0.3) is 0 Å². The van der Waals surface area contributed by atoms with Crippen LogP contribution in [0.4, 0.5) is 0 Å². The Morgan fingerprint density at radius 3 is 1.12 bits per heavy atom. The lowest BCUT2D eigenvalue weighted by Crippen LogP contribution is -2.20. The van der Waals surface area contributed by atoms with Crippen molar-refractivity contribution in [3.8, 4) is 11.5 Å². The summed E-state index contributed by atoms with van der Waals surface area (Å²) in [5.41, 5.74) is 1.65. The van der Waals surface area contributed by atoms with Gasteiger partial charge in [0.05, 0.1) is 14.2 Å². The maximum absolute atomic E-state index is 12.3. The molecule has 184 valence electrons. The number of benzene rings is 2. The van der Waals surface area contributed by atoms with E-state index in [1.807, 2.05) is 48.5 Å². The number of hydrogen-bond donors (Lipinski definition) is 0. The van der Waals surface area contributed by atoms with Crippen LogP contribution in [0.5, 0.6) is 11.5 Å². The number of ketones is 2. The van der Waals surface area contributed by atoms with Crippen LogP contribution in [-0.4, -0.2) is 25.8 Å². The van der Waals surface area contributed by atoms with E-state index in [9.17, 15) is 9.59 Å². The van der Waals surface area contributed by atoms with Crippen molar-refractivity contribution in [3.63, 3.8) is 0 Å². The summed E-state index contributed by atoms with van der Waals surface area (Å²) in [7, 11) is 3.28. The van der Waals surface area contributed by atoms with Gasteiger partial charge in [-0.2, -0.15) is 0 Å². The molecule has 2 aliphatic rings. The highest BCUT2D eigenvalue weighted by atomic mass is 16.5. The molecule has 4 nitrogen and oxygen atoms in total. The molecule has 2 saturated carbocycles. The highest BCUT2D eigenvalue weighted by Crippen LogP contribution is 2.32. The molecular formula is C30H40O4. The monoisotopic (exact) mass is 464 g/mol. The predicted molar refractivity (Wildman–Crippen MR) is 137 cm³/mol. The summed E-state index contributed by atoms with van der Waals surface area (Å²) in [5, 5.41) is 0. The van der Waals surface area contributed by atoms with Gasteiger partial charge < -0.3 is 9.47 Å². The first kappa shape index (κ1) is 26.0. The highest BCUT2D eigenvalue weighted by Gasteiger charge is 2.26. The molecule has 0 heterocycles. The zero-order chi connectivity index (χ0) is 24.5. The second-order valence-corrected chi connectivity index (χ2v) is 10.1. The average Bonchev–Trinajstić information content (AvgIpc) is 2.89. The topological polar surface area (TPSA) is 52.6 Å². The standard InChI is InChI=1S/2C15H20O2/c2*1-11-3-5-12(6-4-11)15(16)13-7-9-14(17-2)10-8-13/h2*7-12H,3-6H2,1-2H3. The molecule has 2 fully saturated rings. The smallest absolute Gasteiger partial charge is 0.165 e. The van der Waals surface area contributed by atoms with E-state index in [-0.39, 0.29) is 11.8 Å². The number of ether oxygens (including phenoxy) is 2. The minimum absolute atomic E-state index is 0.236. The van der Waals surface area contributed by atoms with Crippen molar-refractivity contribution in [2.24, 2.45) is 23.7 Å². The first-order chi connectivity index (χ1) is 16.4. The van der Waals surface area contributed by atoms with E-state index in [1.165, 1.54) is 25.7 Å². The highest BCUT2D eigenvalue weighted by molar-refractivity contribution is 5.98. The third-order valence-corrected chi connectivity index (χ3v) is 7.52. The summed E-state index contributed by atoms with van der Waals surface area (Å²) >= 11 is 0. The first-order valence-corrected chi connectivity index (χ1v) is 12.8. The van der Waals surface area contributed by atoms with Crippen LogP contribution in [0.15, 0.2) is 48.5 Å². The molecular weight excluding hydrogens is 424 g/mol. The molecule has 4 rings (SSSR count). The van der Waals surface area contributed by atoms with E-state index in [4.69, 9.17) is 9.47 Å². The maximum atomic E-state index is 12.3. The van der Waals surface area contributed by atoms with Crippen LogP contribution in [0.2, 0.25) is 0 Å². The fraction of sp³-hybridized carbons (Fsp3) is 0.533. The van der Waals surface area contributed by atoms with Crippen LogP contribution in [0.3, 0.4) is 0 Å². The fourth-order valence-electron chi connectivity index (χ4n) is 5.03. The third-order valence-electron chi connectivity index (χ3n) is 7.52. The minimum atomic E-state index is 0.236. The minimum Gasteiger partial charge on any atom is -0.497 e. The van der Waals surface area contributed by atoms with E-state index in [2.05, 4.69) is 13.8 Å². The van der Waals surface area contributed by atoms with Gasteiger partial charge in [-0.05, 0) is 86.1 Å². The first-order valence-electron chi connectivity index (χ1n) is 12.8. The normalized spacial score (nSPS) is 24.4. The number of hydrogen-bond acceptors (Lipinski definition) is 4. The van der Waals surface area contributed by atoms with Gasteiger partial charge in [-0.1, -0.05) is 39.5 Å². The maximum Gasteiger partial charge on any atom is 0.165 e. The number of Topliss-reactive ketones (excluding diaryl/α,β-unsaturated/α-hetero) is 2. The second kappa shape index (κ2) is 12.7. The van der Waals surface area contributed by atoms with Crippen molar-refractivity contribution in [2.75, 3.05) is 14.2 Å². The van der Waals surface area contributed by atoms with Crippen molar-refractivity contribution in [2.45, 2.75) is 65.2 Å². The molecule has 0 atom stereocenters. The molecule has 0 spiro atoms. The van der Waals surface area contributed by atoms with Gasteiger partial charge in [0.2, 0.25) is 0 Å². The largest absolute Gasteiger partial charge is 0.497 e. The van der Waals surface area contributed by atoms with Crippen molar-refractivity contribution in [3.05, 3.63) is 59.7 Å². The Bertz CT molecular complexity index is 822. The molecule has 0 radical (unpaired) electrons. The van der Waals surface area contributed by atoms with Gasteiger partial charge in [-0.3, -0.25) is 9.59 Å². The average molecular weight is 465 g/mol. The Kier molecular flexibility index (Phi) is 9.74. The quantitative estimate of drug-likeness (QED) is 0.418. The van der Waals surface area contributed by atoms with Crippen LogP contribution in [-0.2, 0) is 0 Å². The number of carbonyl (C=O) groups excluding carboxylic acids is 2. The molecule has 2 aliphatic carbocycles. The molecule has 0 aromatic heterocycles. The Morgan fingerprint density at radius 1 is 0.559 bits per heavy atom. The summed E-state index contributed by atoms with van der Waals surface area (Å²) in [5.74, 6) is 4.26. The lowest BCUT2D eigenvalue weighted by atomic mass is 9.79. The van der Waals surface area contributed by atoms with E-state index in [0.717, 1.165) is 60.1 Å². The lowest BCUT2D eigenvalue weighted by molar-refractivity contribution is 0.0868. The van der Waals surface area contributed by atoms with E-state index < -0.39 is 0 Å². The van der Waals surface area contributed by atoms with Crippen molar-refractivity contribution >= 4 is 11.6 Å². The molecule has 0 aliphatic heterocycles. The number of carbonyl (C=O) groups is 2. The summed E-state index contributed by atoms with van der Waals surface area (Å²) in [6, 6.07) is 14.9. The SMILES string of the molecule is COc1ccc(C(=O)C2CCC(C)CC2)cc1.COc1ccc(C(=O)C2CCC(C)CC2)cc1. The number of methoxy groups -OCH3 is 2. The van der Waals surface area contributed by atoms with Gasteiger partial charge in [-0.25, -0.2) is 0 Å². The Morgan fingerprint density at radius 2 is 0.853 bits per heavy atom. The zero-order valence-electron chi connectivity index (χ0n) is 21.2. The Hall–Kier alpha value is -2.62. The van der Waals surface area contributed by atoms with E-state index in [0.29, 0.717) is 11.6 Å². The molecule has 34 heavy (non-hydrogen) atoms. The lowest BCUT2D eigenvalue weighted by Gasteiger charge is -2.25. The molecule has 0 N–H and O–H groups in total. The molecule has 0 saturated heterocycles. The zero-order valence-corrected chi connectivity index (χ0v) is 21.2. The fourth-order valence-corrected chi connectivity index (χ4v) is 5.03. The Labute approximate surface area is 205 Å². The van der Waals surface area contributed by atoms with E-state index >= 15 is 0 Å². The molecule has 0 unspecified atom stereocenters. The summed E-state index contributed by atoms with van der Waals surface area (Å²) in [6.45, 7) is 4.54. The summed E-state index contributed by atoms with van der Waals surface area (Å²) in [6.07, 6.45) is 8.94. The number of rotatable bonds is 6. The van der Waals surface area contributed by atoms with Gasteiger partial charge >= 0.3 is 0 Å². The third kappa shape index (κ3) is 7.19. The summed E-state index contributed by atoms with van der Waals surface area (Å²) < 4.78 is 10.2. The second-order valence-electron chi connectivity index (χ2n) is 10.1. The van der Waals surface area contributed by atoms with Gasteiger partial charge in [0.15, 0.2) is 11.6 Å².